The first-order chi connectivity index (χ1) is 33.6. The molecule has 5 N–H and O–H groups in total. The lowest BCUT2D eigenvalue weighted by Crippen LogP contribution is -2.58. The van der Waals surface area contributed by atoms with Crippen molar-refractivity contribution >= 4 is 97.6 Å². The summed E-state index contributed by atoms with van der Waals surface area (Å²) >= 11 is 2.38. The number of anilines is 1. The zero-order valence-electron chi connectivity index (χ0n) is 38.8. The van der Waals surface area contributed by atoms with Crippen LogP contribution in [0.5, 0.6) is 0 Å². The average molecular weight is 1030 g/mol. The van der Waals surface area contributed by atoms with E-state index >= 15 is 0 Å². The highest BCUT2D eigenvalue weighted by Crippen LogP contribution is 2.59. The first-order valence-corrected chi connectivity index (χ1v) is 26.2. The second-order valence-electron chi connectivity index (χ2n) is 18.6. The highest BCUT2D eigenvalue weighted by atomic mass is 32.1. The number of alkyl halides is 2. The van der Waals surface area contributed by atoms with Crippen LogP contribution in [-0.2, 0) is 40.7 Å². The van der Waals surface area contributed by atoms with Crippen molar-refractivity contribution in [2.45, 2.75) is 96.1 Å². The summed E-state index contributed by atoms with van der Waals surface area (Å²) in [4.78, 5) is 121. The SMILES string of the molecule is CC(C)(C)C(NC(=O)c1cc2cc(C(F)(F)P(=O)(O)O)ccc2s1)C(=O)N1CCC[C@H]1C(=O)N(CCC(=O)NCCCC#Cc1cccc2c1CN(C1CCC(=O)NC1=O)C2=O)c1ccc2scnc2c1. The van der Waals surface area contributed by atoms with Gasteiger partial charge in [-0.3, -0.25) is 43.4 Å². The summed E-state index contributed by atoms with van der Waals surface area (Å²) in [7, 11) is -5.84. The minimum absolute atomic E-state index is 0.0283. The second kappa shape index (κ2) is 20.4. The Morgan fingerprint density at radius 3 is 2.55 bits per heavy atom. The van der Waals surface area contributed by atoms with Crippen LogP contribution >= 0.6 is 30.3 Å². The van der Waals surface area contributed by atoms with Crippen LogP contribution in [0.3, 0.4) is 0 Å². The third-order valence-electron chi connectivity index (χ3n) is 12.7. The molecule has 0 saturated carbocycles. The highest BCUT2D eigenvalue weighted by molar-refractivity contribution is 7.52. The topological polar surface area (TPSA) is 236 Å². The number of fused-ring (bicyclic) bond motifs is 3. The first kappa shape index (κ1) is 50.9. The van der Waals surface area contributed by atoms with Crippen molar-refractivity contribution in [1.29, 1.82) is 0 Å². The van der Waals surface area contributed by atoms with Crippen molar-refractivity contribution in [3.63, 3.8) is 0 Å². The number of unbranched alkanes of at least 4 members (excludes halogenated alkanes) is 1. The Morgan fingerprint density at radius 1 is 1.03 bits per heavy atom. The molecule has 2 aromatic heterocycles. The Bertz CT molecular complexity index is 3100. The van der Waals surface area contributed by atoms with Gasteiger partial charge in [0.2, 0.25) is 29.5 Å². The number of nitrogens with one attached hydrogen (secondary N) is 3. The van der Waals surface area contributed by atoms with Crippen LogP contribution in [0, 0.1) is 17.3 Å². The summed E-state index contributed by atoms with van der Waals surface area (Å²) in [6.07, 6.45) is 2.06. The number of carbonyl (C=O) groups excluding carboxylic acids is 7. The molecule has 3 aliphatic heterocycles. The lowest BCUT2D eigenvalue weighted by molar-refractivity contribution is -0.141. The number of imide groups is 1. The van der Waals surface area contributed by atoms with Crippen LogP contribution in [-0.4, -0.2) is 104 Å². The fraction of sp³-hybridized carbons (Fsp3) is 0.388. The number of rotatable bonds is 14. The Hall–Kier alpha value is -6.43. The number of carbonyl (C=O) groups is 7. The lowest BCUT2D eigenvalue weighted by Gasteiger charge is -2.36. The van der Waals surface area contributed by atoms with Gasteiger partial charge in [-0.15, -0.1) is 22.7 Å². The summed E-state index contributed by atoms with van der Waals surface area (Å²) in [6.45, 7) is 5.93. The van der Waals surface area contributed by atoms with E-state index in [2.05, 4.69) is 32.8 Å². The van der Waals surface area contributed by atoms with Gasteiger partial charge in [0, 0.05) is 72.5 Å². The van der Waals surface area contributed by atoms with Crippen molar-refractivity contribution in [3.05, 3.63) is 93.3 Å². The maximum absolute atomic E-state index is 14.7. The number of nitrogens with zero attached hydrogens (tertiary/aromatic N) is 4. The predicted octanol–water partition coefficient (Wildman–Crippen LogP) is 6.01. The number of benzene rings is 3. The molecule has 3 aromatic carbocycles. The minimum atomic E-state index is -5.84. The number of piperidine rings is 1. The van der Waals surface area contributed by atoms with Crippen LogP contribution < -0.4 is 20.9 Å². The van der Waals surface area contributed by atoms with E-state index in [9.17, 15) is 56.7 Å². The molecule has 0 radical (unpaired) electrons. The van der Waals surface area contributed by atoms with Gasteiger partial charge in [-0.25, -0.2) is 4.98 Å². The number of aromatic nitrogens is 1. The molecular formula is C49H50F2N7O10PS2. The van der Waals surface area contributed by atoms with Crippen molar-refractivity contribution < 1.29 is 56.7 Å². The van der Waals surface area contributed by atoms with Crippen LogP contribution in [0.1, 0.15) is 102 Å². The summed E-state index contributed by atoms with van der Waals surface area (Å²) in [6, 6.07) is 12.1. The van der Waals surface area contributed by atoms with E-state index in [0.29, 0.717) is 64.8 Å². The average Bonchev–Trinajstić information content (AvgIpc) is 4.15. The van der Waals surface area contributed by atoms with Crippen molar-refractivity contribution in [2.75, 3.05) is 24.5 Å². The van der Waals surface area contributed by atoms with E-state index in [1.54, 1.807) is 56.6 Å². The maximum atomic E-state index is 14.7. The van der Waals surface area contributed by atoms with E-state index in [4.69, 9.17) is 0 Å². The third-order valence-corrected chi connectivity index (χ3v) is 15.6. The fourth-order valence-corrected chi connectivity index (χ4v) is 11.0. The van der Waals surface area contributed by atoms with Gasteiger partial charge in [0.15, 0.2) is 0 Å². The number of hydrogen-bond acceptors (Lipinski definition) is 11. The van der Waals surface area contributed by atoms with E-state index in [0.717, 1.165) is 28.2 Å². The van der Waals surface area contributed by atoms with Gasteiger partial charge < -0.3 is 35.1 Å². The minimum Gasteiger partial charge on any atom is -0.356 e. The monoisotopic (exact) mass is 1030 g/mol. The fourth-order valence-electron chi connectivity index (χ4n) is 8.94. The number of thiophene rings is 1. The van der Waals surface area contributed by atoms with E-state index in [-0.39, 0.29) is 66.9 Å². The quantitative estimate of drug-likeness (QED) is 0.0374. The molecule has 8 rings (SSSR count). The van der Waals surface area contributed by atoms with E-state index in [1.807, 2.05) is 6.07 Å². The summed E-state index contributed by atoms with van der Waals surface area (Å²) in [5, 5.41) is 8.16. The zero-order valence-corrected chi connectivity index (χ0v) is 41.4. The molecule has 3 atom stereocenters. The molecule has 0 aliphatic carbocycles. The molecule has 0 bridgehead atoms. The molecule has 0 spiro atoms. The normalized spacial score (nSPS) is 17.7. The summed E-state index contributed by atoms with van der Waals surface area (Å²) < 4.78 is 41.8. The van der Waals surface area contributed by atoms with Crippen molar-refractivity contribution in [2.24, 2.45) is 5.41 Å². The number of thiazole rings is 1. The number of halogens is 2. The summed E-state index contributed by atoms with van der Waals surface area (Å²) in [5.41, 5.74) is -1.58. The van der Waals surface area contributed by atoms with Crippen LogP contribution in [0.4, 0.5) is 14.5 Å². The molecular weight excluding hydrogens is 980 g/mol. The first-order valence-electron chi connectivity index (χ1n) is 22.9. The van der Waals surface area contributed by atoms with Crippen molar-refractivity contribution in [1.82, 2.24) is 30.7 Å². The molecule has 22 heteroatoms. The van der Waals surface area contributed by atoms with Crippen LogP contribution in [0.25, 0.3) is 20.3 Å². The van der Waals surface area contributed by atoms with Crippen molar-refractivity contribution in [3.8, 4) is 11.8 Å². The summed E-state index contributed by atoms with van der Waals surface area (Å²) in [5.74, 6) is 3.16. The molecule has 2 fully saturated rings. The molecule has 3 aliphatic rings. The second-order valence-corrected chi connectivity index (χ2v) is 22.3. The molecule has 17 nitrogen and oxygen atoms in total. The Morgan fingerprint density at radius 2 is 1.80 bits per heavy atom. The van der Waals surface area contributed by atoms with Gasteiger partial charge in [0.25, 0.3) is 11.8 Å². The molecule has 372 valence electrons. The molecule has 2 saturated heterocycles. The Labute approximate surface area is 414 Å². The zero-order chi connectivity index (χ0) is 51.0. The van der Waals surface area contributed by atoms with Gasteiger partial charge in [-0.05, 0) is 90.6 Å². The molecule has 7 amide bonds. The molecule has 5 aromatic rings. The van der Waals surface area contributed by atoms with E-state index in [1.165, 1.54) is 38.2 Å². The van der Waals surface area contributed by atoms with Gasteiger partial charge >= 0.3 is 13.3 Å². The Balaban J connectivity index is 0.905. The molecule has 5 heterocycles. The van der Waals surface area contributed by atoms with Gasteiger partial charge in [-0.2, -0.15) is 8.78 Å². The number of hydrogen-bond donors (Lipinski definition) is 5. The predicted molar refractivity (Wildman–Crippen MR) is 261 cm³/mol. The lowest BCUT2D eigenvalue weighted by atomic mass is 9.85. The Kier molecular flexibility index (Phi) is 14.6. The van der Waals surface area contributed by atoms with E-state index < -0.39 is 66.0 Å². The molecule has 2 unspecified atom stereocenters. The van der Waals surface area contributed by atoms with Crippen LogP contribution in [0.2, 0.25) is 0 Å². The number of likely N-dealkylation sites (tertiary alicyclic amines) is 1. The largest absolute Gasteiger partial charge is 0.399 e. The third kappa shape index (κ3) is 10.8. The highest BCUT2D eigenvalue weighted by Gasteiger charge is 2.50. The van der Waals surface area contributed by atoms with Crippen LogP contribution in [0.15, 0.2) is 66.2 Å². The smallest absolute Gasteiger partial charge is 0.356 e. The van der Waals surface area contributed by atoms with Gasteiger partial charge in [-0.1, -0.05) is 44.7 Å². The van der Waals surface area contributed by atoms with Gasteiger partial charge in [0.05, 0.1) is 20.6 Å². The van der Waals surface area contributed by atoms with Gasteiger partial charge in [0.1, 0.15) is 18.1 Å². The standard InChI is InChI=1S/C49H50F2N7O10PS2/c1-48(2,3)42(55-44(62)39-24-29-23-30(13-16-37(29)71-39)49(50,51)69(66,67)68)47(65)57-21-8-12-36(57)46(64)56(31-14-17-38-34(25-31)53-27-70-38)22-19-40(59)52-20-6-4-5-9-28-10-7-11-32-33(28)26-58(45(32)63)35-15-18-41(60)54-43(35)61/h7,10-11,13-14,16-17,23-25,27,35-36,42H,4,6,8,12,15,18-22,26H2,1-3H3,(H,52,59)(H,55,62)(H,54,60,61)(H2,66,67,68)/t35?,36-,42?/m0/s1. The maximum Gasteiger partial charge on any atom is 0.399 e. The molecule has 71 heavy (non-hydrogen) atoms. The number of amides is 7.